The SMILES string of the molecule is O=C(Cc1cccs1)NCc1nnc(-c2ccccn2)o1. The van der Waals surface area contributed by atoms with Crippen LogP contribution < -0.4 is 5.32 Å². The van der Waals surface area contributed by atoms with Crippen molar-refractivity contribution in [1.82, 2.24) is 20.5 Å². The summed E-state index contributed by atoms with van der Waals surface area (Å²) in [6.45, 7) is 0.212. The van der Waals surface area contributed by atoms with Gasteiger partial charge < -0.3 is 9.73 Å². The van der Waals surface area contributed by atoms with E-state index in [0.717, 1.165) is 4.88 Å². The number of nitrogens with one attached hydrogen (secondary N) is 1. The molecule has 0 spiro atoms. The first-order valence-corrected chi connectivity index (χ1v) is 7.22. The van der Waals surface area contributed by atoms with E-state index in [0.29, 0.717) is 23.9 Å². The zero-order valence-electron chi connectivity index (χ0n) is 11.0. The zero-order chi connectivity index (χ0) is 14.5. The minimum atomic E-state index is -0.0740. The maximum Gasteiger partial charge on any atom is 0.266 e. The van der Waals surface area contributed by atoms with Crippen LogP contribution in [0.4, 0.5) is 0 Å². The van der Waals surface area contributed by atoms with Gasteiger partial charge in [0, 0.05) is 11.1 Å². The number of thiophene rings is 1. The summed E-state index contributed by atoms with van der Waals surface area (Å²) < 4.78 is 5.46. The Morgan fingerprint density at radius 1 is 1.24 bits per heavy atom. The van der Waals surface area contributed by atoms with E-state index in [2.05, 4.69) is 20.5 Å². The quantitative estimate of drug-likeness (QED) is 0.780. The number of hydrogen-bond acceptors (Lipinski definition) is 6. The third kappa shape index (κ3) is 3.51. The highest BCUT2D eigenvalue weighted by molar-refractivity contribution is 7.10. The van der Waals surface area contributed by atoms with Gasteiger partial charge in [0.2, 0.25) is 11.8 Å². The van der Waals surface area contributed by atoms with Gasteiger partial charge in [-0.3, -0.25) is 9.78 Å². The lowest BCUT2D eigenvalue weighted by Crippen LogP contribution is -2.24. The summed E-state index contributed by atoms with van der Waals surface area (Å²) in [5.41, 5.74) is 0.612. The molecule has 7 heteroatoms. The fourth-order valence-corrected chi connectivity index (χ4v) is 2.43. The molecule has 0 aromatic carbocycles. The van der Waals surface area contributed by atoms with Crippen molar-refractivity contribution >= 4 is 17.2 Å². The molecular formula is C14H12N4O2S. The van der Waals surface area contributed by atoms with Gasteiger partial charge in [-0.1, -0.05) is 12.1 Å². The minimum absolute atomic E-state index is 0.0740. The summed E-state index contributed by atoms with van der Waals surface area (Å²) >= 11 is 1.55. The molecular weight excluding hydrogens is 288 g/mol. The molecule has 21 heavy (non-hydrogen) atoms. The molecule has 0 aliphatic carbocycles. The molecule has 0 saturated heterocycles. The summed E-state index contributed by atoms with van der Waals surface area (Å²) in [5, 5.41) is 12.5. The number of amides is 1. The second-order valence-corrected chi connectivity index (χ2v) is 5.28. The van der Waals surface area contributed by atoms with Crippen LogP contribution in [0.2, 0.25) is 0 Å². The van der Waals surface area contributed by atoms with Crippen LogP contribution in [-0.2, 0) is 17.8 Å². The monoisotopic (exact) mass is 300 g/mol. The van der Waals surface area contributed by atoms with Crippen LogP contribution in [0.1, 0.15) is 10.8 Å². The summed E-state index contributed by atoms with van der Waals surface area (Å²) in [6.07, 6.45) is 2.01. The van der Waals surface area contributed by atoms with E-state index in [1.807, 2.05) is 29.6 Å². The molecule has 6 nitrogen and oxygen atoms in total. The fourth-order valence-electron chi connectivity index (χ4n) is 1.73. The average molecular weight is 300 g/mol. The van der Waals surface area contributed by atoms with E-state index in [9.17, 15) is 4.79 Å². The van der Waals surface area contributed by atoms with Gasteiger partial charge in [-0.2, -0.15) is 0 Å². The Balaban J connectivity index is 1.56. The Morgan fingerprint density at radius 3 is 2.95 bits per heavy atom. The van der Waals surface area contributed by atoms with E-state index in [4.69, 9.17) is 4.42 Å². The Kier molecular flexibility index (Phi) is 4.02. The number of carbonyl (C=O) groups is 1. The lowest BCUT2D eigenvalue weighted by Gasteiger charge is -2.00. The summed E-state index contributed by atoms with van der Waals surface area (Å²) in [5.74, 6) is 0.628. The van der Waals surface area contributed by atoms with Crippen molar-refractivity contribution in [1.29, 1.82) is 0 Å². The van der Waals surface area contributed by atoms with Crippen molar-refractivity contribution in [3.8, 4) is 11.6 Å². The summed E-state index contributed by atoms with van der Waals surface area (Å²) in [6, 6.07) is 9.29. The lowest BCUT2D eigenvalue weighted by atomic mass is 10.3. The van der Waals surface area contributed by atoms with Gasteiger partial charge in [0.05, 0.1) is 13.0 Å². The van der Waals surface area contributed by atoms with Crippen LogP contribution in [-0.4, -0.2) is 21.1 Å². The van der Waals surface area contributed by atoms with Gasteiger partial charge in [-0.25, -0.2) is 0 Å². The molecule has 0 atom stereocenters. The van der Waals surface area contributed by atoms with Crippen molar-refractivity contribution in [3.63, 3.8) is 0 Å². The van der Waals surface area contributed by atoms with Gasteiger partial charge in [0.25, 0.3) is 5.89 Å². The highest BCUT2D eigenvalue weighted by atomic mass is 32.1. The first-order chi connectivity index (χ1) is 10.3. The van der Waals surface area contributed by atoms with Gasteiger partial charge in [0.15, 0.2) is 0 Å². The number of aromatic nitrogens is 3. The first-order valence-electron chi connectivity index (χ1n) is 6.34. The van der Waals surface area contributed by atoms with Crippen LogP contribution >= 0.6 is 11.3 Å². The summed E-state index contributed by atoms with van der Waals surface area (Å²) in [7, 11) is 0. The molecule has 106 valence electrons. The molecule has 3 aromatic heterocycles. The highest BCUT2D eigenvalue weighted by Crippen LogP contribution is 2.14. The molecule has 0 radical (unpaired) electrons. The second-order valence-electron chi connectivity index (χ2n) is 4.25. The van der Waals surface area contributed by atoms with Gasteiger partial charge >= 0.3 is 0 Å². The molecule has 3 rings (SSSR count). The molecule has 1 amide bonds. The number of carbonyl (C=O) groups excluding carboxylic acids is 1. The third-order valence-corrected chi connectivity index (χ3v) is 3.58. The molecule has 0 bridgehead atoms. The third-order valence-electron chi connectivity index (χ3n) is 2.70. The van der Waals surface area contributed by atoms with Gasteiger partial charge in [-0.05, 0) is 23.6 Å². The standard InChI is InChI=1S/C14H12N4O2S/c19-12(8-10-4-3-7-21-10)16-9-13-17-18-14(20-13)11-5-1-2-6-15-11/h1-7H,8-9H2,(H,16,19). The maximum atomic E-state index is 11.8. The molecule has 3 heterocycles. The Hall–Kier alpha value is -2.54. The maximum absolute atomic E-state index is 11.8. The first kappa shape index (κ1) is 13.4. The second kappa shape index (κ2) is 6.27. The largest absolute Gasteiger partial charge is 0.417 e. The molecule has 0 fully saturated rings. The normalized spacial score (nSPS) is 10.5. The number of pyridine rings is 1. The lowest BCUT2D eigenvalue weighted by molar-refractivity contribution is -0.120. The summed E-state index contributed by atoms with van der Waals surface area (Å²) in [4.78, 5) is 16.9. The molecule has 0 saturated carbocycles. The molecule has 0 unspecified atom stereocenters. The van der Waals surface area contributed by atoms with Crippen molar-refractivity contribution in [2.45, 2.75) is 13.0 Å². The van der Waals surface area contributed by atoms with E-state index in [1.165, 1.54) is 0 Å². The van der Waals surface area contributed by atoms with Crippen LogP contribution in [0.25, 0.3) is 11.6 Å². The molecule has 1 N–H and O–H groups in total. The predicted molar refractivity (Wildman–Crippen MR) is 77.4 cm³/mol. The van der Waals surface area contributed by atoms with Crippen molar-refractivity contribution in [2.24, 2.45) is 0 Å². The topological polar surface area (TPSA) is 80.9 Å². The van der Waals surface area contributed by atoms with E-state index < -0.39 is 0 Å². The van der Waals surface area contributed by atoms with Crippen LogP contribution in [0, 0.1) is 0 Å². The van der Waals surface area contributed by atoms with Crippen molar-refractivity contribution < 1.29 is 9.21 Å². The number of nitrogens with zero attached hydrogens (tertiary/aromatic N) is 3. The number of hydrogen-bond donors (Lipinski definition) is 1. The zero-order valence-corrected chi connectivity index (χ0v) is 11.8. The predicted octanol–water partition coefficient (Wildman–Crippen LogP) is 2.05. The Morgan fingerprint density at radius 2 is 2.19 bits per heavy atom. The highest BCUT2D eigenvalue weighted by Gasteiger charge is 2.10. The molecule has 3 aromatic rings. The van der Waals surface area contributed by atoms with Crippen molar-refractivity contribution in [3.05, 3.63) is 52.7 Å². The van der Waals surface area contributed by atoms with Crippen LogP contribution in [0.5, 0.6) is 0 Å². The van der Waals surface area contributed by atoms with Crippen LogP contribution in [0.3, 0.4) is 0 Å². The molecule has 0 aliphatic heterocycles. The van der Waals surface area contributed by atoms with Crippen LogP contribution in [0.15, 0.2) is 46.3 Å². The van der Waals surface area contributed by atoms with Gasteiger partial charge in [-0.15, -0.1) is 21.5 Å². The molecule has 0 aliphatic rings. The minimum Gasteiger partial charge on any atom is -0.417 e. The number of rotatable bonds is 5. The van der Waals surface area contributed by atoms with E-state index in [1.54, 1.807) is 23.6 Å². The smallest absolute Gasteiger partial charge is 0.266 e. The van der Waals surface area contributed by atoms with E-state index >= 15 is 0 Å². The Labute approximate surface area is 124 Å². The average Bonchev–Trinajstić information content (AvgIpc) is 3.17. The fraction of sp³-hybridized carbons (Fsp3) is 0.143. The van der Waals surface area contributed by atoms with E-state index in [-0.39, 0.29) is 12.5 Å². The van der Waals surface area contributed by atoms with Gasteiger partial charge in [0.1, 0.15) is 5.69 Å². The Bertz CT molecular complexity index is 710. The van der Waals surface area contributed by atoms with Crippen molar-refractivity contribution in [2.75, 3.05) is 0 Å².